The lowest BCUT2D eigenvalue weighted by molar-refractivity contribution is -0.146. The molecule has 4 heteroatoms. The number of benzene rings is 1. The Hall–Kier alpha value is -1.84. The summed E-state index contributed by atoms with van der Waals surface area (Å²) in [4.78, 5) is 22.4. The first-order chi connectivity index (χ1) is 7.39. The van der Waals surface area contributed by atoms with Gasteiger partial charge in [0.25, 0.3) is 0 Å². The van der Waals surface area contributed by atoms with Gasteiger partial charge in [0.05, 0.1) is 12.5 Å². The highest BCUT2D eigenvalue weighted by atomic mass is 16.5. The summed E-state index contributed by atoms with van der Waals surface area (Å²) in [7, 11) is 1.35. The standard InChI is InChI=1S/C12H15NO3/c1-12(2,11(15)16-3)9-6-4-8(5-7-9)10(13)14/h4-7H,1-3H3,(H2,13,14). The van der Waals surface area contributed by atoms with Crippen LogP contribution in [0.4, 0.5) is 0 Å². The Balaban J connectivity index is 3.06. The molecule has 0 atom stereocenters. The fourth-order valence-electron chi connectivity index (χ4n) is 1.42. The summed E-state index contributed by atoms with van der Waals surface area (Å²) in [5, 5.41) is 0. The van der Waals surface area contributed by atoms with Crippen molar-refractivity contribution in [1.82, 2.24) is 0 Å². The Bertz CT molecular complexity index is 407. The van der Waals surface area contributed by atoms with Gasteiger partial charge < -0.3 is 10.5 Å². The van der Waals surface area contributed by atoms with E-state index in [-0.39, 0.29) is 5.97 Å². The van der Waals surface area contributed by atoms with Crippen LogP contribution in [0.1, 0.15) is 29.8 Å². The zero-order valence-electron chi connectivity index (χ0n) is 9.61. The highest BCUT2D eigenvalue weighted by Gasteiger charge is 2.30. The molecule has 1 aromatic rings. The minimum Gasteiger partial charge on any atom is -0.468 e. The molecule has 0 radical (unpaired) electrons. The van der Waals surface area contributed by atoms with Crippen LogP contribution in [0, 0.1) is 0 Å². The summed E-state index contributed by atoms with van der Waals surface area (Å²) >= 11 is 0. The van der Waals surface area contributed by atoms with Crippen molar-refractivity contribution in [2.24, 2.45) is 5.73 Å². The third-order valence-corrected chi connectivity index (χ3v) is 2.59. The fourth-order valence-corrected chi connectivity index (χ4v) is 1.42. The molecule has 0 unspecified atom stereocenters. The topological polar surface area (TPSA) is 69.4 Å². The van der Waals surface area contributed by atoms with Crippen LogP contribution >= 0.6 is 0 Å². The molecule has 0 spiro atoms. The van der Waals surface area contributed by atoms with Crippen LogP contribution in [0.5, 0.6) is 0 Å². The molecule has 0 heterocycles. The van der Waals surface area contributed by atoms with Crippen LogP contribution in [-0.4, -0.2) is 19.0 Å². The van der Waals surface area contributed by atoms with E-state index in [1.54, 1.807) is 38.1 Å². The lowest BCUT2D eigenvalue weighted by atomic mass is 9.84. The summed E-state index contributed by atoms with van der Waals surface area (Å²) in [6, 6.07) is 6.61. The number of ether oxygens (including phenoxy) is 1. The maximum atomic E-state index is 11.5. The number of nitrogens with two attached hydrogens (primary N) is 1. The average molecular weight is 221 g/mol. The molecule has 2 N–H and O–H groups in total. The van der Waals surface area contributed by atoms with Crippen LogP contribution in [-0.2, 0) is 14.9 Å². The second kappa shape index (κ2) is 4.35. The molecule has 1 amide bonds. The first-order valence-corrected chi connectivity index (χ1v) is 4.88. The van der Waals surface area contributed by atoms with Gasteiger partial charge in [0, 0.05) is 5.56 Å². The molecule has 1 aromatic carbocycles. The highest BCUT2D eigenvalue weighted by molar-refractivity contribution is 5.93. The third kappa shape index (κ3) is 2.21. The van der Waals surface area contributed by atoms with Crippen molar-refractivity contribution in [3.05, 3.63) is 35.4 Å². The lowest BCUT2D eigenvalue weighted by Crippen LogP contribution is -2.30. The van der Waals surface area contributed by atoms with Gasteiger partial charge in [-0.1, -0.05) is 12.1 Å². The molecule has 0 bridgehead atoms. The van der Waals surface area contributed by atoms with Gasteiger partial charge in [0.1, 0.15) is 0 Å². The number of rotatable bonds is 3. The molecule has 0 aliphatic heterocycles. The zero-order valence-corrected chi connectivity index (χ0v) is 9.61. The Morgan fingerprint density at radius 3 is 2.06 bits per heavy atom. The second-order valence-electron chi connectivity index (χ2n) is 4.06. The van der Waals surface area contributed by atoms with Crippen molar-refractivity contribution < 1.29 is 14.3 Å². The second-order valence-corrected chi connectivity index (χ2v) is 4.06. The minimum absolute atomic E-state index is 0.320. The van der Waals surface area contributed by atoms with Crippen molar-refractivity contribution in [1.29, 1.82) is 0 Å². The average Bonchev–Trinajstić information content (AvgIpc) is 2.28. The number of amides is 1. The molecular weight excluding hydrogens is 206 g/mol. The molecule has 0 aromatic heterocycles. The van der Waals surface area contributed by atoms with E-state index in [4.69, 9.17) is 10.5 Å². The van der Waals surface area contributed by atoms with E-state index in [2.05, 4.69) is 0 Å². The first kappa shape index (κ1) is 12.2. The molecule has 0 saturated carbocycles. The minimum atomic E-state index is -0.731. The van der Waals surface area contributed by atoms with Crippen LogP contribution in [0.15, 0.2) is 24.3 Å². The predicted octanol–water partition coefficient (Wildman–Crippen LogP) is 1.24. The Labute approximate surface area is 94.4 Å². The zero-order chi connectivity index (χ0) is 12.3. The summed E-state index contributed by atoms with van der Waals surface area (Å²) in [6.07, 6.45) is 0. The van der Waals surface area contributed by atoms with Gasteiger partial charge in [-0.25, -0.2) is 0 Å². The summed E-state index contributed by atoms with van der Waals surface area (Å²) in [5.74, 6) is -0.804. The number of hydrogen-bond acceptors (Lipinski definition) is 3. The highest BCUT2D eigenvalue weighted by Crippen LogP contribution is 2.24. The smallest absolute Gasteiger partial charge is 0.315 e. The molecule has 0 fully saturated rings. The van der Waals surface area contributed by atoms with Gasteiger partial charge in [-0.15, -0.1) is 0 Å². The lowest BCUT2D eigenvalue weighted by Gasteiger charge is -2.21. The summed E-state index contributed by atoms with van der Waals surface area (Å²) < 4.78 is 4.72. The Kier molecular flexibility index (Phi) is 3.32. The van der Waals surface area contributed by atoms with E-state index in [1.165, 1.54) is 7.11 Å². The molecule has 86 valence electrons. The van der Waals surface area contributed by atoms with Gasteiger partial charge in [-0.05, 0) is 31.5 Å². The molecule has 0 aliphatic rings. The molecule has 16 heavy (non-hydrogen) atoms. The normalized spacial score (nSPS) is 10.9. The maximum Gasteiger partial charge on any atom is 0.315 e. The largest absolute Gasteiger partial charge is 0.468 e. The number of hydrogen-bond donors (Lipinski definition) is 1. The number of carbonyl (C=O) groups excluding carboxylic acids is 2. The SMILES string of the molecule is COC(=O)C(C)(C)c1ccc(C(N)=O)cc1. The predicted molar refractivity (Wildman–Crippen MR) is 60.0 cm³/mol. The Morgan fingerprint density at radius 2 is 1.69 bits per heavy atom. The number of methoxy groups -OCH3 is 1. The van der Waals surface area contributed by atoms with E-state index in [9.17, 15) is 9.59 Å². The number of primary amides is 1. The van der Waals surface area contributed by atoms with Crippen LogP contribution < -0.4 is 5.73 Å². The molecular formula is C12H15NO3. The molecule has 4 nitrogen and oxygen atoms in total. The Morgan fingerprint density at radius 1 is 1.19 bits per heavy atom. The van der Waals surface area contributed by atoms with Crippen molar-refractivity contribution >= 4 is 11.9 Å². The number of esters is 1. The van der Waals surface area contributed by atoms with Gasteiger partial charge >= 0.3 is 5.97 Å². The van der Waals surface area contributed by atoms with E-state index in [0.717, 1.165) is 5.56 Å². The fraction of sp³-hybridized carbons (Fsp3) is 0.333. The quantitative estimate of drug-likeness (QED) is 0.780. The van der Waals surface area contributed by atoms with Gasteiger partial charge in [0.2, 0.25) is 5.91 Å². The van der Waals surface area contributed by atoms with Crippen molar-refractivity contribution in [2.75, 3.05) is 7.11 Å². The molecule has 1 rings (SSSR count). The van der Waals surface area contributed by atoms with Crippen molar-refractivity contribution in [3.8, 4) is 0 Å². The third-order valence-electron chi connectivity index (χ3n) is 2.59. The van der Waals surface area contributed by atoms with E-state index in [1.807, 2.05) is 0 Å². The summed E-state index contributed by atoms with van der Waals surface area (Å²) in [5.41, 5.74) is 5.60. The van der Waals surface area contributed by atoms with E-state index < -0.39 is 11.3 Å². The van der Waals surface area contributed by atoms with Gasteiger partial charge in [-0.2, -0.15) is 0 Å². The maximum absolute atomic E-state index is 11.5. The van der Waals surface area contributed by atoms with E-state index >= 15 is 0 Å². The first-order valence-electron chi connectivity index (χ1n) is 4.88. The molecule has 0 aliphatic carbocycles. The van der Waals surface area contributed by atoms with Crippen LogP contribution in [0.3, 0.4) is 0 Å². The summed E-state index contributed by atoms with van der Waals surface area (Å²) in [6.45, 7) is 3.52. The monoisotopic (exact) mass is 221 g/mol. The van der Waals surface area contributed by atoms with Gasteiger partial charge in [-0.3, -0.25) is 9.59 Å². The number of carbonyl (C=O) groups is 2. The van der Waals surface area contributed by atoms with E-state index in [0.29, 0.717) is 5.56 Å². The van der Waals surface area contributed by atoms with Crippen molar-refractivity contribution in [2.45, 2.75) is 19.3 Å². The van der Waals surface area contributed by atoms with Gasteiger partial charge in [0.15, 0.2) is 0 Å². The van der Waals surface area contributed by atoms with Crippen LogP contribution in [0.25, 0.3) is 0 Å². The molecule has 0 saturated heterocycles. The van der Waals surface area contributed by atoms with Crippen molar-refractivity contribution in [3.63, 3.8) is 0 Å². The van der Waals surface area contributed by atoms with Crippen LogP contribution in [0.2, 0.25) is 0 Å².